The van der Waals surface area contributed by atoms with Crippen LogP contribution >= 0.6 is 35.3 Å². The van der Waals surface area contributed by atoms with Crippen LogP contribution in [-0.2, 0) is 0 Å². The van der Waals surface area contributed by atoms with Crippen LogP contribution in [0, 0.1) is 0 Å². The molecule has 1 saturated heterocycles. The van der Waals surface area contributed by atoms with Crippen LogP contribution in [0.25, 0.3) is 0 Å². The fourth-order valence-corrected chi connectivity index (χ4v) is 5.91. The summed E-state index contributed by atoms with van der Waals surface area (Å²) in [6.45, 7) is 6.14. The van der Waals surface area contributed by atoms with Crippen molar-refractivity contribution < 1.29 is 0 Å². The summed E-state index contributed by atoms with van der Waals surface area (Å²) in [5.74, 6) is 5.25. The van der Waals surface area contributed by atoms with Gasteiger partial charge >= 0.3 is 0 Å². The van der Waals surface area contributed by atoms with E-state index in [9.17, 15) is 0 Å². The molecule has 82 valence electrons. The fourth-order valence-electron chi connectivity index (χ4n) is 1.57. The number of thioether (sulfide) groups is 3. The Labute approximate surface area is 101 Å². The molecule has 0 saturated carbocycles. The molecule has 0 aromatic carbocycles. The Morgan fingerprint density at radius 1 is 1.43 bits per heavy atom. The first-order valence-corrected chi connectivity index (χ1v) is 8.42. The molecule has 0 bridgehead atoms. The van der Waals surface area contributed by atoms with E-state index in [1.54, 1.807) is 0 Å². The lowest BCUT2D eigenvalue weighted by Gasteiger charge is -2.35. The molecule has 3 heteroatoms. The zero-order chi connectivity index (χ0) is 10.3. The molecule has 0 unspecified atom stereocenters. The summed E-state index contributed by atoms with van der Waals surface area (Å²) in [5, 5.41) is 0. The molecule has 0 aromatic heterocycles. The van der Waals surface area contributed by atoms with Crippen molar-refractivity contribution in [1.82, 2.24) is 0 Å². The van der Waals surface area contributed by atoms with Crippen LogP contribution in [0.1, 0.15) is 26.2 Å². The molecule has 0 aromatic rings. The van der Waals surface area contributed by atoms with Crippen LogP contribution in [0.4, 0.5) is 0 Å². The Bertz CT molecular complexity index is 162. The van der Waals surface area contributed by atoms with Gasteiger partial charge < -0.3 is 0 Å². The Hall–Kier alpha value is 0.790. The lowest BCUT2D eigenvalue weighted by atomic mass is 10.2. The summed E-state index contributed by atoms with van der Waals surface area (Å²) in [7, 11) is 0. The normalized spacial score (nSPS) is 20.6. The van der Waals surface area contributed by atoms with Gasteiger partial charge in [0.25, 0.3) is 0 Å². The molecule has 1 heterocycles. The zero-order valence-corrected chi connectivity index (χ0v) is 11.4. The van der Waals surface area contributed by atoms with E-state index in [1.165, 1.54) is 42.3 Å². The van der Waals surface area contributed by atoms with Gasteiger partial charge in [-0.05, 0) is 42.3 Å². The van der Waals surface area contributed by atoms with Crippen molar-refractivity contribution in [3.8, 4) is 0 Å². The Balaban J connectivity index is 2.38. The summed E-state index contributed by atoms with van der Waals surface area (Å²) >= 11 is 6.39. The molecule has 1 aliphatic rings. The summed E-state index contributed by atoms with van der Waals surface area (Å²) in [4.78, 5) is 0. The average molecular weight is 248 g/mol. The SMILES string of the molecule is C=CCC1(CCSCC)SCCCS1. The van der Waals surface area contributed by atoms with Gasteiger partial charge in [0.05, 0.1) is 4.08 Å². The van der Waals surface area contributed by atoms with Gasteiger partial charge in [-0.1, -0.05) is 13.0 Å². The van der Waals surface area contributed by atoms with Crippen molar-refractivity contribution >= 4 is 35.3 Å². The van der Waals surface area contributed by atoms with E-state index in [4.69, 9.17) is 0 Å². The van der Waals surface area contributed by atoms with Crippen LogP contribution < -0.4 is 0 Å². The second kappa shape index (κ2) is 7.13. The number of hydrogen-bond acceptors (Lipinski definition) is 3. The van der Waals surface area contributed by atoms with Crippen molar-refractivity contribution in [2.24, 2.45) is 0 Å². The lowest BCUT2D eigenvalue weighted by Crippen LogP contribution is -2.25. The molecule has 0 amide bonds. The molecule has 0 aliphatic carbocycles. The minimum atomic E-state index is 0.474. The van der Waals surface area contributed by atoms with Gasteiger partial charge in [-0.25, -0.2) is 0 Å². The Kier molecular flexibility index (Phi) is 6.55. The van der Waals surface area contributed by atoms with Gasteiger partial charge in [0.15, 0.2) is 0 Å². The van der Waals surface area contributed by atoms with E-state index < -0.39 is 0 Å². The maximum absolute atomic E-state index is 3.89. The quantitative estimate of drug-likeness (QED) is 0.509. The minimum Gasteiger partial charge on any atom is -0.162 e. The first-order chi connectivity index (χ1) is 6.83. The van der Waals surface area contributed by atoms with Crippen molar-refractivity contribution in [3.63, 3.8) is 0 Å². The van der Waals surface area contributed by atoms with Crippen LogP contribution in [-0.4, -0.2) is 27.1 Å². The summed E-state index contributed by atoms with van der Waals surface area (Å²) in [5.41, 5.74) is 0. The van der Waals surface area contributed by atoms with Crippen molar-refractivity contribution in [2.45, 2.75) is 30.3 Å². The molecule has 1 aliphatic heterocycles. The third-order valence-corrected chi connectivity index (χ3v) is 6.69. The summed E-state index contributed by atoms with van der Waals surface area (Å²) in [6.07, 6.45) is 6.00. The standard InChI is InChI=1S/C11H20S3/c1-3-6-11(7-10-12-4-2)13-8-5-9-14-11/h3H,1,4-10H2,2H3. The van der Waals surface area contributed by atoms with E-state index >= 15 is 0 Å². The van der Waals surface area contributed by atoms with Gasteiger partial charge in [0.2, 0.25) is 0 Å². The predicted octanol–water partition coefficient (Wildman–Crippen LogP) is 4.27. The highest BCUT2D eigenvalue weighted by molar-refractivity contribution is 8.18. The Morgan fingerprint density at radius 2 is 2.14 bits per heavy atom. The molecular formula is C11H20S3. The lowest BCUT2D eigenvalue weighted by molar-refractivity contribution is 0.776. The number of allylic oxidation sites excluding steroid dienone is 1. The third kappa shape index (κ3) is 4.11. The van der Waals surface area contributed by atoms with Crippen LogP contribution in [0.2, 0.25) is 0 Å². The van der Waals surface area contributed by atoms with Crippen LogP contribution in [0.3, 0.4) is 0 Å². The van der Waals surface area contributed by atoms with Gasteiger partial charge in [-0.15, -0.1) is 30.1 Å². The highest BCUT2D eigenvalue weighted by atomic mass is 32.2. The topological polar surface area (TPSA) is 0 Å². The third-order valence-electron chi connectivity index (χ3n) is 2.31. The van der Waals surface area contributed by atoms with Crippen LogP contribution in [0.15, 0.2) is 12.7 Å². The highest BCUT2D eigenvalue weighted by Gasteiger charge is 2.31. The molecule has 1 rings (SSSR count). The average Bonchev–Trinajstić information content (AvgIpc) is 2.20. The highest BCUT2D eigenvalue weighted by Crippen LogP contribution is 2.47. The predicted molar refractivity (Wildman–Crippen MR) is 74.7 cm³/mol. The smallest absolute Gasteiger partial charge is 0.0653 e. The minimum absolute atomic E-state index is 0.474. The molecule has 0 atom stereocenters. The van der Waals surface area contributed by atoms with E-state index in [0.29, 0.717) is 4.08 Å². The second-order valence-electron chi connectivity index (χ2n) is 3.40. The first-order valence-electron chi connectivity index (χ1n) is 5.29. The van der Waals surface area contributed by atoms with E-state index in [2.05, 4.69) is 54.9 Å². The number of rotatable bonds is 6. The van der Waals surface area contributed by atoms with Crippen molar-refractivity contribution in [1.29, 1.82) is 0 Å². The van der Waals surface area contributed by atoms with Gasteiger partial charge in [0, 0.05) is 0 Å². The van der Waals surface area contributed by atoms with Gasteiger partial charge in [-0.2, -0.15) is 11.8 Å². The Morgan fingerprint density at radius 3 is 2.71 bits per heavy atom. The molecule has 0 radical (unpaired) electrons. The zero-order valence-electron chi connectivity index (χ0n) is 8.96. The molecule has 1 fully saturated rings. The van der Waals surface area contributed by atoms with Gasteiger partial charge in [0.1, 0.15) is 0 Å². The molecular weight excluding hydrogens is 228 g/mol. The second-order valence-corrected chi connectivity index (χ2v) is 8.01. The van der Waals surface area contributed by atoms with Gasteiger partial charge in [-0.3, -0.25) is 0 Å². The molecule has 0 N–H and O–H groups in total. The molecule has 0 spiro atoms. The molecule has 0 nitrogen and oxygen atoms in total. The number of hydrogen-bond donors (Lipinski definition) is 0. The first kappa shape index (κ1) is 12.9. The van der Waals surface area contributed by atoms with Crippen LogP contribution in [0.5, 0.6) is 0 Å². The van der Waals surface area contributed by atoms with Crippen molar-refractivity contribution in [2.75, 3.05) is 23.0 Å². The van der Waals surface area contributed by atoms with E-state index in [0.717, 1.165) is 0 Å². The van der Waals surface area contributed by atoms with E-state index in [-0.39, 0.29) is 0 Å². The summed E-state index contributed by atoms with van der Waals surface area (Å²) < 4.78 is 0.474. The van der Waals surface area contributed by atoms with E-state index in [1.807, 2.05) is 0 Å². The largest absolute Gasteiger partial charge is 0.162 e. The van der Waals surface area contributed by atoms with Crippen molar-refractivity contribution in [3.05, 3.63) is 12.7 Å². The molecule has 14 heavy (non-hydrogen) atoms. The monoisotopic (exact) mass is 248 g/mol. The maximum Gasteiger partial charge on any atom is 0.0653 e. The summed E-state index contributed by atoms with van der Waals surface area (Å²) in [6, 6.07) is 0. The maximum atomic E-state index is 3.89. The fraction of sp³-hybridized carbons (Fsp3) is 0.818.